The lowest BCUT2D eigenvalue weighted by Gasteiger charge is -2.04. The quantitative estimate of drug-likeness (QED) is 0.527. The van der Waals surface area contributed by atoms with E-state index in [1.54, 1.807) is 0 Å². The highest BCUT2D eigenvalue weighted by molar-refractivity contribution is 6.01. The van der Waals surface area contributed by atoms with Crippen LogP contribution in [0.25, 0.3) is 0 Å². The van der Waals surface area contributed by atoms with Gasteiger partial charge in [-0.05, 0) is 18.2 Å². The number of rotatable bonds is 4. The fourth-order valence-electron chi connectivity index (χ4n) is 1.18. The van der Waals surface area contributed by atoms with Crippen LogP contribution in [0.4, 0.5) is 0 Å². The van der Waals surface area contributed by atoms with Gasteiger partial charge in [0.2, 0.25) is 0 Å². The van der Waals surface area contributed by atoms with Crippen LogP contribution in [0, 0.1) is 0 Å². The summed E-state index contributed by atoms with van der Waals surface area (Å²) in [5.41, 5.74) is 9.88. The summed E-state index contributed by atoms with van der Waals surface area (Å²) in [4.78, 5) is 44.8. The first kappa shape index (κ1) is 15.5. The minimum Gasteiger partial charge on any atom is -0.388 e. The van der Waals surface area contributed by atoms with Gasteiger partial charge in [-0.3, -0.25) is 9.59 Å². The molecule has 0 amide bonds. The van der Waals surface area contributed by atoms with Crippen molar-refractivity contribution in [2.24, 2.45) is 11.5 Å². The van der Waals surface area contributed by atoms with E-state index in [0.717, 1.165) is 6.07 Å². The van der Waals surface area contributed by atoms with Crippen LogP contribution in [-0.2, 0) is 19.1 Å². The van der Waals surface area contributed by atoms with Crippen LogP contribution < -0.4 is 11.5 Å². The van der Waals surface area contributed by atoms with Crippen LogP contribution in [0.2, 0.25) is 0 Å². The maximum absolute atomic E-state index is 11.5. The topological polar surface area (TPSA) is 139 Å². The van der Waals surface area contributed by atoms with Crippen molar-refractivity contribution in [2.75, 3.05) is 13.1 Å². The fourth-order valence-corrected chi connectivity index (χ4v) is 1.18. The molecular formula is C12H12N2O6. The predicted octanol–water partition coefficient (Wildman–Crippen LogP) is -1.03. The molecule has 0 fully saturated rings. The number of nitrogens with two attached hydrogens (primary N) is 2. The molecule has 0 unspecified atom stereocenters. The minimum atomic E-state index is -0.958. The zero-order valence-corrected chi connectivity index (χ0v) is 10.3. The smallest absolute Gasteiger partial charge is 0.345 e. The molecule has 0 heterocycles. The summed E-state index contributed by atoms with van der Waals surface area (Å²) in [6.07, 6.45) is 0. The molecule has 1 aromatic rings. The zero-order chi connectivity index (χ0) is 15.1. The number of hydrogen-bond donors (Lipinski definition) is 2. The summed E-state index contributed by atoms with van der Waals surface area (Å²) in [6.45, 7) is -0.892. The van der Waals surface area contributed by atoms with E-state index in [-0.39, 0.29) is 11.1 Å². The second-order valence-corrected chi connectivity index (χ2v) is 3.51. The van der Waals surface area contributed by atoms with E-state index in [4.69, 9.17) is 11.5 Å². The fraction of sp³-hybridized carbons (Fsp3) is 0.167. The molecule has 0 bridgehead atoms. The van der Waals surface area contributed by atoms with Crippen molar-refractivity contribution < 1.29 is 28.7 Å². The van der Waals surface area contributed by atoms with Crippen LogP contribution in [0.3, 0.4) is 0 Å². The highest BCUT2D eigenvalue weighted by Gasteiger charge is 2.16. The summed E-state index contributed by atoms with van der Waals surface area (Å²) < 4.78 is 8.76. The monoisotopic (exact) mass is 280 g/mol. The van der Waals surface area contributed by atoms with Gasteiger partial charge in [-0.1, -0.05) is 6.07 Å². The molecule has 106 valence electrons. The van der Waals surface area contributed by atoms with Crippen molar-refractivity contribution in [1.29, 1.82) is 0 Å². The van der Waals surface area contributed by atoms with Gasteiger partial charge in [0.05, 0.1) is 24.2 Å². The Balaban J connectivity index is 2.85. The first-order chi connectivity index (χ1) is 9.47. The zero-order valence-electron chi connectivity index (χ0n) is 10.3. The van der Waals surface area contributed by atoms with Gasteiger partial charge in [-0.2, -0.15) is 0 Å². The Kier molecular flexibility index (Phi) is 5.51. The lowest BCUT2D eigenvalue weighted by molar-refractivity contribution is -0.137. The third-order valence-corrected chi connectivity index (χ3v) is 2.08. The minimum absolute atomic E-state index is 0.0542. The Labute approximate surface area is 113 Å². The maximum atomic E-state index is 11.5. The highest BCUT2D eigenvalue weighted by Crippen LogP contribution is 2.08. The van der Waals surface area contributed by atoms with Crippen molar-refractivity contribution in [3.63, 3.8) is 0 Å². The summed E-state index contributed by atoms with van der Waals surface area (Å²) in [7, 11) is 0. The number of carbonyl (C=O) groups excluding carboxylic acids is 4. The molecule has 0 saturated heterocycles. The van der Waals surface area contributed by atoms with Crippen LogP contribution in [0.15, 0.2) is 24.3 Å². The molecule has 1 aromatic carbocycles. The van der Waals surface area contributed by atoms with Gasteiger partial charge >= 0.3 is 23.9 Å². The van der Waals surface area contributed by atoms with E-state index in [1.165, 1.54) is 18.2 Å². The largest absolute Gasteiger partial charge is 0.388 e. The average Bonchev–Trinajstić information content (AvgIpc) is 2.46. The number of benzene rings is 1. The standard InChI is InChI=1S/C12H12N2O6/c13-5-9(15)19-11(17)7-2-1-3-8(4-7)12(18)20-10(16)6-14/h1-4H,5-6,13-14H2. The predicted molar refractivity (Wildman–Crippen MR) is 65.4 cm³/mol. The lowest BCUT2D eigenvalue weighted by Crippen LogP contribution is -2.22. The third-order valence-electron chi connectivity index (χ3n) is 2.08. The van der Waals surface area contributed by atoms with E-state index in [0.29, 0.717) is 0 Å². The van der Waals surface area contributed by atoms with E-state index in [1.807, 2.05) is 0 Å². The van der Waals surface area contributed by atoms with Gasteiger partial charge in [0.25, 0.3) is 0 Å². The third kappa shape index (κ3) is 4.26. The first-order valence-corrected chi connectivity index (χ1v) is 5.48. The Morgan fingerprint density at radius 2 is 1.25 bits per heavy atom. The van der Waals surface area contributed by atoms with Crippen molar-refractivity contribution in [3.05, 3.63) is 35.4 Å². The number of carbonyl (C=O) groups is 4. The lowest BCUT2D eigenvalue weighted by atomic mass is 10.1. The molecule has 20 heavy (non-hydrogen) atoms. The van der Waals surface area contributed by atoms with E-state index < -0.39 is 37.0 Å². The Bertz CT molecular complexity index is 509. The van der Waals surface area contributed by atoms with Crippen LogP contribution in [0.1, 0.15) is 20.7 Å². The van der Waals surface area contributed by atoms with E-state index in [2.05, 4.69) is 9.47 Å². The van der Waals surface area contributed by atoms with Gasteiger partial charge < -0.3 is 20.9 Å². The summed E-state index contributed by atoms with van der Waals surface area (Å²) in [5, 5.41) is 0. The Hall–Kier alpha value is -2.58. The van der Waals surface area contributed by atoms with E-state index >= 15 is 0 Å². The molecule has 0 radical (unpaired) electrons. The molecule has 1 rings (SSSR count). The average molecular weight is 280 g/mol. The number of hydrogen-bond acceptors (Lipinski definition) is 8. The van der Waals surface area contributed by atoms with Crippen molar-refractivity contribution in [2.45, 2.75) is 0 Å². The molecule has 0 aliphatic carbocycles. The Morgan fingerprint density at radius 1 is 0.850 bits per heavy atom. The van der Waals surface area contributed by atoms with Gasteiger partial charge in [-0.25, -0.2) is 9.59 Å². The summed E-state index contributed by atoms with van der Waals surface area (Å²) in [6, 6.07) is 5.15. The second-order valence-electron chi connectivity index (χ2n) is 3.51. The molecule has 0 aliphatic heterocycles. The second kappa shape index (κ2) is 7.12. The molecule has 0 atom stereocenters. The molecule has 8 nitrogen and oxygen atoms in total. The van der Waals surface area contributed by atoms with Crippen molar-refractivity contribution in [3.8, 4) is 0 Å². The van der Waals surface area contributed by atoms with Crippen LogP contribution in [0.5, 0.6) is 0 Å². The molecule has 0 aromatic heterocycles. The molecule has 8 heteroatoms. The first-order valence-electron chi connectivity index (χ1n) is 5.48. The van der Waals surface area contributed by atoms with Crippen molar-refractivity contribution >= 4 is 23.9 Å². The molecule has 0 spiro atoms. The normalized spacial score (nSPS) is 9.70. The highest BCUT2D eigenvalue weighted by atomic mass is 16.6. The summed E-state index contributed by atoms with van der Waals surface area (Å²) >= 11 is 0. The van der Waals surface area contributed by atoms with Gasteiger partial charge in [0, 0.05) is 0 Å². The molecule has 0 aliphatic rings. The maximum Gasteiger partial charge on any atom is 0.345 e. The molecular weight excluding hydrogens is 268 g/mol. The van der Waals surface area contributed by atoms with E-state index in [9.17, 15) is 19.2 Å². The van der Waals surface area contributed by atoms with Gasteiger partial charge in [-0.15, -0.1) is 0 Å². The summed E-state index contributed by atoms with van der Waals surface area (Å²) in [5.74, 6) is -3.72. The van der Waals surface area contributed by atoms with Crippen LogP contribution in [-0.4, -0.2) is 37.0 Å². The van der Waals surface area contributed by atoms with Crippen LogP contribution >= 0.6 is 0 Å². The molecule has 4 N–H and O–H groups in total. The SMILES string of the molecule is NCC(=O)OC(=O)c1cccc(C(=O)OC(=O)CN)c1. The molecule has 0 saturated carbocycles. The Morgan fingerprint density at radius 3 is 1.60 bits per heavy atom. The number of esters is 4. The number of ether oxygens (including phenoxy) is 2. The van der Waals surface area contributed by atoms with Gasteiger partial charge in [0.15, 0.2) is 0 Å². The van der Waals surface area contributed by atoms with Gasteiger partial charge in [0.1, 0.15) is 0 Å². The van der Waals surface area contributed by atoms with Crippen molar-refractivity contribution in [1.82, 2.24) is 0 Å².